The van der Waals surface area contributed by atoms with Crippen molar-refractivity contribution in [2.24, 2.45) is 0 Å². The zero-order valence-corrected chi connectivity index (χ0v) is 16.9. The Morgan fingerprint density at radius 1 is 1.38 bits per heavy atom. The lowest BCUT2D eigenvalue weighted by Gasteiger charge is -2.18. The molecule has 3 heterocycles. The number of rotatable bonds is 6. The van der Waals surface area contributed by atoms with Crippen LogP contribution in [-0.4, -0.2) is 65.0 Å². The molecule has 0 aliphatic carbocycles. The number of amides is 2. The summed E-state index contributed by atoms with van der Waals surface area (Å²) in [4.78, 5) is 40.1. The van der Waals surface area contributed by atoms with Crippen LogP contribution in [0.15, 0.2) is 37.2 Å². The Morgan fingerprint density at radius 3 is 2.83 bits per heavy atom. The first-order valence-corrected chi connectivity index (χ1v) is 9.29. The van der Waals surface area contributed by atoms with Crippen molar-refractivity contribution in [1.29, 1.82) is 0 Å². The maximum absolute atomic E-state index is 12.7. The largest absolute Gasteiger partial charge is 0.480 e. The van der Waals surface area contributed by atoms with E-state index in [2.05, 4.69) is 26.8 Å². The molecule has 2 aromatic rings. The summed E-state index contributed by atoms with van der Waals surface area (Å²) in [5.74, 6) is 0.260. The molecule has 2 aromatic heterocycles. The fourth-order valence-electron chi connectivity index (χ4n) is 2.95. The molecule has 3 rings (SSSR count). The van der Waals surface area contributed by atoms with Crippen molar-refractivity contribution < 1.29 is 14.3 Å². The zero-order chi connectivity index (χ0) is 21.0. The lowest BCUT2D eigenvalue weighted by atomic mass is 10.2. The van der Waals surface area contributed by atoms with Crippen molar-refractivity contribution in [3.8, 4) is 5.88 Å². The minimum Gasteiger partial charge on any atom is -0.480 e. The predicted molar refractivity (Wildman–Crippen MR) is 109 cm³/mol. The molecule has 1 aliphatic rings. The number of nitrogens with one attached hydrogen (secondary N) is 1. The molecule has 2 amide bonds. The first-order valence-electron chi connectivity index (χ1n) is 8.91. The zero-order valence-electron chi connectivity index (χ0n) is 16.1. The number of hydrogen-bond acceptors (Lipinski definition) is 7. The molecule has 0 spiro atoms. The number of pyridine rings is 1. The Morgan fingerprint density at radius 2 is 2.17 bits per heavy atom. The van der Waals surface area contributed by atoms with E-state index >= 15 is 0 Å². The number of ether oxygens (including phenoxy) is 1. The lowest BCUT2D eigenvalue weighted by molar-refractivity contribution is -0.113. The highest BCUT2D eigenvalue weighted by molar-refractivity contribution is 6.31. The number of carbonyl (C=O) groups is 2. The summed E-state index contributed by atoms with van der Waals surface area (Å²) < 4.78 is 5.09. The maximum atomic E-state index is 12.7. The van der Waals surface area contributed by atoms with Crippen LogP contribution in [0.4, 0.5) is 11.6 Å². The van der Waals surface area contributed by atoms with Crippen molar-refractivity contribution in [3.05, 3.63) is 47.9 Å². The Kier molecular flexibility index (Phi) is 6.28. The Hall–Kier alpha value is -3.20. The van der Waals surface area contributed by atoms with Crippen LogP contribution >= 0.6 is 11.6 Å². The average Bonchev–Trinajstić information content (AvgIpc) is 3.22. The van der Waals surface area contributed by atoms with E-state index in [1.54, 1.807) is 24.1 Å². The van der Waals surface area contributed by atoms with Gasteiger partial charge in [-0.1, -0.05) is 18.2 Å². The fourth-order valence-corrected chi connectivity index (χ4v) is 3.11. The summed E-state index contributed by atoms with van der Waals surface area (Å²) in [5, 5.41) is 3.52. The molecule has 1 fully saturated rings. The van der Waals surface area contributed by atoms with Gasteiger partial charge in [-0.2, -0.15) is 4.98 Å². The number of anilines is 2. The Balaban J connectivity index is 1.61. The molecule has 9 nitrogen and oxygen atoms in total. The minimum absolute atomic E-state index is 0.000418. The summed E-state index contributed by atoms with van der Waals surface area (Å²) in [6.45, 7) is 4.53. The molecule has 1 N–H and O–H groups in total. The fraction of sp³-hybridized carbons (Fsp3) is 0.316. The second-order valence-corrected chi connectivity index (χ2v) is 6.84. The number of halogens is 1. The monoisotopic (exact) mass is 416 g/mol. The molecule has 0 aromatic carbocycles. The van der Waals surface area contributed by atoms with Gasteiger partial charge in [0.15, 0.2) is 0 Å². The molecule has 1 saturated heterocycles. The number of likely N-dealkylation sites (tertiary alicyclic amines) is 1. The third-order valence-electron chi connectivity index (χ3n) is 4.57. The van der Waals surface area contributed by atoms with Crippen LogP contribution in [0.2, 0.25) is 5.02 Å². The smallest absolute Gasteiger partial charge is 0.272 e. The highest BCUT2D eigenvalue weighted by atomic mass is 35.5. The third kappa shape index (κ3) is 4.62. The van der Waals surface area contributed by atoms with Crippen molar-refractivity contribution in [2.75, 3.05) is 37.5 Å². The van der Waals surface area contributed by atoms with Gasteiger partial charge in [-0.05, 0) is 24.6 Å². The first kappa shape index (κ1) is 20.5. The van der Waals surface area contributed by atoms with Gasteiger partial charge in [0.25, 0.3) is 5.91 Å². The molecule has 0 bridgehead atoms. The molecule has 152 valence electrons. The number of hydrogen-bond donors (Lipinski definition) is 1. The number of likely N-dealkylation sites (N-methyl/N-ethyl adjacent to an activating group) is 1. The second kappa shape index (κ2) is 8.87. The second-order valence-electron chi connectivity index (χ2n) is 6.43. The molecule has 1 atom stereocenters. The normalized spacial score (nSPS) is 15.7. The molecule has 0 radical (unpaired) electrons. The first-order chi connectivity index (χ1) is 13.9. The summed E-state index contributed by atoms with van der Waals surface area (Å²) >= 11 is 5.94. The van der Waals surface area contributed by atoms with Gasteiger partial charge in [-0.15, -0.1) is 0 Å². The van der Waals surface area contributed by atoms with Gasteiger partial charge in [-0.3, -0.25) is 9.59 Å². The van der Waals surface area contributed by atoms with Crippen LogP contribution in [0, 0.1) is 0 Å². The summed E-state index contributed by atoms with van der Waals surface area (Å²) in [5.41, 5.74) is 0.902. The number of nitrogens with zero attached hydrogens (tertiary/aromatic N) is 5. The van der Waals surface area contributed by atoms with Crippen LogP contribution in [0.5, 0.6) is 5.88 Å². The maximum Gasteiger partial charge on any atom is 0.272 e. The summed E-state index contributed by atoms with van der Waals surface area (Å²) in [7, 11) is 3.10. The average molecular weight is 417 g/mol. The SMILES string of the molecule is C=CC(=O)N(C)c1ccc(C(=O)N2CCC(Nc3ncc(Cl)c(OC)n3)C2)nc1. The summed E-state index contributed by atoms with van der Waals surface area (Å²) in [6.07, 6.45) is 4.92. The highest BCUT2D eigenvalue weighted by Crippen LogP contribution is 2.23. The van der Waals surface area contributed by atoms with Gasteiger partial charge in [0, 0.05) is 26.2 Å². The van der Waals surface area contributed by atoms with E-state index in [1.165, 1.54) is 30.5 Å². The van der Waals surface area contributed by atoms with Gasteiger partial charge in [-0.25, -0.2) is 9.97 Å². The van der Waals surface area contributed by atoms with E-state index in [4.69, 9.17) is 16.3 Å². The van der Waals surface area contributed by atoms with E-state index in [0.29, 0.717) is 41.3 Å². The van der Waals surface area contributed by atoms with Crippen LogP contribution < -0.4 is 15.0 Å². The summed E-state index contributed by atoms with van der Waals surface area (Å²) in [6, 6.07) is 3.29. The lowest BCUT2D eigenvalue weighted by Crippen LogP contribution is -2.32. The van der Waals surface area contributed by atoms with Gasteiger partial charge < -0.3 is 19.9 Å². The van der Waals surface area contributed by atoms with E-state index in [-0.39, 0.29) is 17.9 Å². The molecule has 1 unspecified atom stereocenters. The van der Waals surface area contributed by atoms with E-state index in [0.717, 1.165) is 6.42 Å². The number of aromatic nitrogens is 3. The van der Waals surface area contributed by atoms with Crippen molar-refractivity contribution in [1.82, 2.24) is 19.9 Å². The minimum atomic E-state index is -0.250. The van der Waals surface area contributed by atoms with E-state index in [9.17, 15) is 9.59 Å². The van der Waals surface area contributed by atoms with Crippen molar-refractivity contribution >= 4 is 35.1 Å². The van der Waals surface area contributed by atoms with Gasteiger partial charge in [0.2, 0.25) is 17.7 Å². The van der Waals surface area contributed by atoms with Gasteiger partial charge in [0.1, 0.15) is 10.7 Å². The van der Waals surface area contributed by atoms with E-state index < -0.39 is 0 Å². The Labute approximate surface area is 173 Å². The van der Waals surface area contributed by atoms with Crippen LogP contribution in [0.25, 0.3) is 0 Å². The molecular formula is C19H21ClN6O3. The van der Waals surface area contributed by atoms with Crippen molar-refractivity contribution in [3.63, 3.8) is 0 Å². The topological polar surface area (TPSA) is 101 Å². The standard InChI is InChI=1S/C19H21ClN6O3/c1-4-16(27)25(2)13-5-6-15(21-9-13)18(28)26-8-7-12(11-26)23-19-22-10-14(20)17(24-19)29-3/h4-6,9-10,12H,1,7-8,11H2,2-3H3,(H,22,23,24). The van der Waals surface area contributed by atoms with Crippen LogP contribution in [-0.2, 0) is 4.79 Å². The molecule has 10 heteroatoms. The Bertz CT molecular complexity index is 921. The molecule has 1 aliphatic heterocycles. The van der Waals surface area contributed by atoms with Gasteiger partial charge in [0.05, 0.1) is 25.2 Å². The van der Waals surface area contributed by atoms with Gasteiger partial charge >= 0.3 is 0 Å². The quantitative estimate of drug-likeness (QED) is 0.719. The molecule has 29 heavy (non-hydrogen) atoms. The molecular weight excluding hydrogens is 396 g/mol. The number of carbonyl (C=O) groups excluding carboxylic acids is 2. The van der Waals surface area contributed by atoms with Crippen molar-refractivity contribution in [2.45, 2.75) is 12.5 Å². The predicted octanol–water partition coefficient (Wildman–Crippen LogP) is 2.01. The van der Waals surface area contributed by atoms with Crippen LogP contribution in [0.1, 0.15) is 16.9 Å². The third-order valence-corrected chi connectivity index (χ3v) is 4.83. The molecule has 0 saturated carbocycles. The van der Waals surface area contributed by atoms with E-state index in [1.807, 2.05) is 0 Å². The van der Waals surface area contributed by atoms with Crippen LogP contribution in [0.3, 0.4) is 0 Å². The highest BCUT2D eigenvalue weighted by Gasteiger charge is 2.28. The number of methoxy groups -OCH3 is 1.